The number of thiophene rings is 1. The van der Waals surface area contributed by atoms with Gasteiger partial charge in [-0.3, -0.25) is 0 Å². The Morgan fingerprint density at radius 2 is 2.31 bits per heavy atom. The largest absolute Gasteiger partial charge is 0.477 e. The standard InChI is InChI=1S/C9H8ClN3O2S/c1-4-5(8-11-3-12-13(8)2)7(10)16-6(4)9(14)15/h3H,1-2H3,(H,14,15). The molecule has 2 aromatic rings. The van der Waals surface area contributed by atoms with Crippen LogP contribution in [0, 0.1) is 6.92 Å². The molecule has 0 aliphatic heterocycles. The number of aryl methyl sites for hydroxylation is 1. The summed E-state index contributed by atoms with van der Waals surface area (Å²) in [5.41, 5.74) is 1.27. The SMILES string of the molecule is Cc1c(C(=O)O)sc(Cl)c1-c1ncnn1C. The van der Waals surface area contributed by atoms with E-state index in [9.17, 15) is 4.79 Å². The lowest BCUT2D eigenvalue weighted by Crippen LogP contribution is -1.98. The highest BCUT2D eigenvalue weighted by Crippen LogP contribution is 2.38. The Kier molecular flexibility index (Phi) is 2.69. The molecule has 2 rings (SSSR count). The second-order valence-corrected chi connectivity index (χ2v) is 4.84. The van der Waals surface area contributed by atoms with Gasteiger partial charge in [-0.25, -0.2) is 14.5 Å². The average molecular weight is 258 g/mol. The summed E-state index contributed by atoms with van der Waals surface area (Å²) < 4.78 is 1.98. The Labute approximate surface area is 100 Å². The fourth-order valence-corrected chi connectivity index (χ4v) is 2.79. The van der Waals surface area contributed by atoms with Crippen molar-refractivity contribution in [2.24, 2.45) is 7.05 Å². The Morgan fingerprint density at radius 1 is 1.62 bits per heavy atom. The molecule has 0 saturated heterocycles. The van der Waals surface area contributed by atoms with Gasteiger partial charge in [0.25, 0.3) is 0 Å². The predicted octanol–water partition coefficient (Wildman–Crippen LogP) is 2.20. The normalized spacial score (nSPS) is 10.7. The highest BCUT2D eigenvalue weighted by atomic mass is 35.5. The van der Waals surface area contributed by atoms with Crippen LogP contribution in [0.1, 0.15) is 15.2 Å². The van der Waals surface area contributed by atoms with Gasteiger partial charge in [0.15, 0.2) is 5.82 Å². The second-order valence-electron chi connectivity index (χ2n) is 3.22. The van der Waals surface area contributed by atoms with Crippen LogP contribution in [-0.4, -0.2) is 25.8 Å². The summed E-state index contributed by atoms with van der Waals surface area (Å²) in [6.07, 6.45) is 1.41. The zero-order valence-electron chi connectivity index (χ0n) is 8.56. The lowest BCUT2D eigenvalue weighted by atomic mass is 10.1. The quantitative estimate of drug-likeness (QED) is 0.896. The molecule has 0 amide bonds. The molecular weight excluding hydrogens is 250 g/mol. The average Bonchev–Trinajstić information content (AvgIpc) is 2.71. The van der Waals surface area contributed by atoms with Gasteiger partial charge in [-0.15, -0.1) is 11.3 Å². The first kappa shape index (κ1) is 11.1. The maximum absolute atomic E-state index is 11.0. The van der Waals surface area contributed by atoms with Crippen LogP contribution in [0.3, 0.4) is 0 Å². The van der Waals surface area contributed by atoms with Crippen molar-refractivity contribution in [3.8, 4) is 11.4 Å². The number of rotatable bonds is 2. The predicted molar refractivity (Wildman–Crippen MR) is 61.0 cm³/mol. The molecule has 0 fully saturated rings. The first-order valence-corrected chi connectivity index (χ1v) is 5.58. The maximum Gasteiger partial charge on any atom is 0.346 e. The third kappa shape index (κ3) is 1.60. The third-order valence-electron chi connectivity index (χ3n) is 2.23. The molecule has 0 aromatic carbocycles. The van der Waals surface area contributed by atoms with E-state index in [4.69, 9.17) is 16.7 Å². The van der Waals surface area contributed by atoms with Crippen LogP contribution in [0.25, 0.3) is 11.4 Å². The molecule has 16 heavy (non-hydrogen) atoms. The molecule has 0 aliphatic rings. The van der Waals surface area contributed by atoms with Crippen LogP contribution >= 0.6 is 22.9 Å². The van der Waals surface area contributed by atoms with Gasteiger partial charge in [0, 0.05) is 7.05 Å². The minimum atomic E-state index is -0.974. The van der Waals surface area contributed by atoms with E-state index in [1.54, 1.807) is 18.7 Å². The van der Waals surface area contributed by atoms with Crippen LogP contribution in [0.5, 0.6) is 0 Å². The zero-order valence-corrected chi connectivity index (χ0v) is 10.1. The summed E-state index contributed by atoms with van der Waals surface area (Å²) in [6.45, 7) is 1.72. The van der Waals surface area contributed by atoms with Gasteiger partial charge in [0.1, 0.15) is 15.5 Å². The second kappa shape index (κ2) is 3.88. The molecule has 1 N–H and O–H groups in total. The summed E-state index contributed by atoms with van der Waals surface area (Å²) in [4.78, 5) is 15.3. The number of aromatic nitrogens is 3. The molecular formula is C9H8ClN3O2S. The van der Waals surface area contributed by atoms with Gasteiger partial charge in [0.05, 0.1) is 5.56 Å². The molecule has 0 saturated carbocycles. The Hall–Kier alpha value is -1.40. The third-order valence-corrected chi connectivity index (χ3v) is 3.72. The van der Waals surface area contributed by atoms with Crippen molar-refractivity contribution in [2.75, 3.05) is 0 Å². The van der Waals surface area contributed by atoms with Crippen molar-refractivity contribution < 1.29 is 9.90 Å². The van der Waals surface area contributed by atoms with Crippen molar-refractivity contribution >= 4 is 28.9 Å². The van der Waals surface area contributed by atoms with Gasteiger partial charge in [-0.1, -0.05) is 11.6 Å². The van der Waals surface area contributed by atoms with Gasteiger partial charge in [-0.05, 0) is 12.5 Å². The van der Waals surface area contributed by atoms with Crippen molar-refractivity contribution in [2.45, 2.75) is 6.92 Å². The van der Waals surface area contributed by atoms with Gasteiger partial charge < -0.3 is 5.11 Å². The lowest BCUT2D eigenvalue weighted by Gasteiger charge is -2.00. The van der Waals surface area contributed by atoms with Gasteiger partial charge in [-0.2, -0.15) is 5.10 Å². The smallest absolute Gasteiger partial charge is 0.346 e. The molecule has 0 atom stereocenters. The monoisotopic (exact) mass is 257 g/mol. The first-order valence-electron chi connectivity index (χ1n) is 4.39. The molecule has 84 valence electrons. The molecule has 0 unspecified atom stereocenters. The van der Waals surface area contributed by atoms with Crippen LogP contribution < -0.4 is 0 Å². The number of aromatic carboxylic acids is 1. The van der Waals surface area contributed by atoms with E-state index < -0.39 is 5.97 Å². The van der Waals surface area contributed by atoms with Crippen LogP contribution in [0.2, 0.25) is 4.34 Å². The summed E-state index contributed by atoms with van der Waals surface area (Å²) in [5, 5.41) is 12.9. The minimum Gasteiger partial charge on any atom is -0.477 e. The highest BCUT2D eigenvalue weighted by molar-refractivity contribution is 7.18. The van der Waals surface area contributed by atoms with Crippen molar-refractivity contribution in [3.63, 3.8) is 0 Å². The maximum atomic E-state index is 11.0. The lowest BCUT2D eigenvalue weighted by molar-refractivity contribution is 0.0701. The molecule has 7 heteroatoms. The summed E-state index contributed by atoms with van der Waals surface area (Å²) >= 11 is 7.07. The number of nitrogens with zero attached hydrogens (tertiary/aromatic N) is 3. The number of carboxylic acid groups (broad SMARTS) is 1. The van der Waals surface area contributed by atoms with E-state index in [-0.39, 0.29) is 4.88 Å². The number of carboxylic acids is 1. The molecule has 0 radical (unpaired) electrons. The molecule has 5 nitrogen and oxygen atoms in total. The fraction of sp³-hybridized carbons (Fsp3) is 0.222. The number of carbonyl (C=O) groups is 1. The molecule has 2 heterocycles. The van der Waals surface area contributed by atoms with Crippen molar-refractivity contribution in [1.29, 1.82) is 0 Å². The first-order chi connectivity index (χ1) is 7.52. The summed E-state index contributed by atoms with van der Waals surface area (Å²) in [6, 6.07) is 0. The van der Waals surface area contributed by atoms with Gasteiger partial charge >= 0.3 is 5.97 Å². The van der Waals surface area contributed by atoms with E-state index in [1.165, 1.54) is 6.33 Å². The topological polar surface area (TPSA) is 68.0 Å². The Bertz CT molecular complexity index is 561. The molecule has 0 spiro atoms. The van der Waals surface area contributed by atoms with E-state index in [0.29, 0.717) is 21.3 Å². The Morgan fingerprint density at radius 3 is 2.75 bits per heavy atom. The summed E-state index contributed by atoms with van der Waals surface area (Å²) in [5.74, 6) is -0.399. The summed E-state index contributed by atoms with van der Waals surface area (Å²) in [7, 11) is 1.73. The van der Waals surface area contributed by atoms with E-state index in [1.807, 2.05) is 0 Å². The van der Waals surface area contributed by atoms with E-state index in [0.717, 1.165) is 11.3 Å². The minimum absolute atomic E-state index is 0.239. The van der Waals surface area contributed by atoms with Gasteiger partial charge in [0.2, 0.25) is 0 Å². The number of hydrogen-bond donors (Lipinski definition) is 1. The number of hydrogen-bond acceptors (Lipinski definition) is 4. The van der Waals surface area contributed by atoms with Crippen LogP contribution in [-0.2, 0) is 7.05 Å². The number of halogens is 1. The molecule has 0 aliphatic carbocycles. The molecule has 0 bridgehead atoms. The van der Waals surface area contributed by atoms with E-state index >= 15 is 0 Å². The van der Waals surface area contributed by atoms with Crippen LogP contribution in [0.15, 0.2) is 6.33 Å². The Balaban J connectivity index is 2.67. The fourth-order valence-electron chi connectivity index (χ4n) is 1.46. The van der Waals surface area contributed by atoms with Crippen molar-refractivity contribution in [1.82, 2.24) is 14.8 Å². The van der Waals surface area contributed by atoms with Crippen LogP contribution in [0.4, 0.5) is 0 Å². The highest BCUT2D eigenvalue weighted by Gasteiger charge is 2.22. The molecule has 2 aromatic heterocycles. The van der Waals surface area contributed by atoms with Crippen molar-refractivity contribution in [3.05, 3.63) is 21.1 Å². The van der Waals surface area contributed by atoms with E-state index in [2.05, 4.69) is 10.1 Å². The zero-order chi connectivity index (χ0) is 11.9.